The third kappa shape index (κ3) is 2.40. The molecule has 0 aromatic heterocycles. The number of benzene rings is 2. The normalized spacial score (nSPS) is 11.6. The topological polar surface area (TPSA) is 20.2 Å². The lowest BCUT2D eigenvalue weighted by Crippen LogP contribution is -2.13. The molecule has 0 radical (unpaired) electrons. The Labute approximate surface area is 109 Å². The molecule has 0 aliphatic carbocycles. The average Bonchev–Trinajstić information content (AvgIpc) is 2.29. The summed E-state index contributed by atoms with van der Waals surface area (Å²) in [5, 5.41) is 9.40. The van der Waals surface area contributed by atoms with Gasteiger partial charge in [-0.25, -0.2) is 0 Å². The van der Waals surface area contributed by atoms with Crippen LogP contribution in [0.3, 0.4) is 0 Å². The Morgan fingerprint density at radius 1 is 0.889 bits per heavy atom. The highest BCUT2D eigenvalue weighted by Gasteiger charge is 2.19. The summed E-state index contributed by atoms with van der Waals surface area (Å²) in [7, 11) is 0. The number of hydrogen-bond acceptors (Lipinski definition) is 1. The molecule has 18 heavy (non-hydrogen) atoms. The molecule has 2 aromatic carbocycles. The molecule has 0 fully saturated rings. The minimum absolute atomic E-state index is 0.110. The highest BCUT2D eigenvalue weighted by Crippen LogP contribution is 2.35. The van der Waals surface area contributed by atoms with Crippen LogP contribution in [0.5, 0.6) is 5.75 Å². The van der Waals surface area contributed by atoms with Crippen molar-refractivity contribution in [2.45, 2.75) is 33.1 Å². The van der Waals surface area contributed by atoms with Crippen molar-refractivity contribution in [3.05, 3.63) is 53.6 Å². The Bertz CT molecular complexity index is 545. The zero-order valence-corrected chi connectivity index (χ0v) is 11.5. The summed E-state index contributed by atoms with van der Waals surface area (Å²) < 4.78 is 0. The molecule has 0 heterocycles. The third-order valence-electron chi connectivity index (χ3n) is 3.24. The van der Waals surface area contributed by atoms with Gasteiger partial charge in [-0.15, -0.1) is 0 Å². The van der Waals surface area contributed by atoms with E-state index in [0.29, 0.717) is 5.75 Å². The summed E-state index contributed by atoms with van der Waals surface area (Å²) in [5.74, 6) is 0.310. The molecule has 2 rings (SSSR count). The maximum atomic E-state index is 9.40. The minimum Gasteiger partial charge on any atom is -0.508 e. The third-order valence-corrected chi connectivity index (χ3v) is 3.24. The molecule has 0 spiro atoms. The van der Waals surface area contributed by atoms with Gasteiger partial charge in [0, 0.05) is 0 Å². The quantitative estimate of drug-likeness (QED) is 0.768. The predicted molar refractivity (Wildman–Crippen MR) is 77.0 cm³/mol. The minimum atomic E-state index is 0.110. The number of aryl methyl sites for hydroxylation is 1. The van der Waals surface area contributed by atoms with E-state index in [1.807, 2.05) is 12.1 Å². The van der Waals surface area contributed by atoms with Gasteiger partial charge in [0.1, 0.15) is 5.75 Å². The Hall–Kier alpha value is -1.76. The number of phenolic OH excluding ortho intramolecular Hbond substituents is 1. The second-order valence-electron chi connectivity index (χ2n) is 5.79. The van der Waals surface area contributed by atoms with Crippen molar-refractivity contribution in [2.75, 3.05) is 0 Å². The molecule has 94 valence electrons. The van der Waals surface area contributed by atoms with Gasteiger partial charge in [0.2, 0.25) is 0 Å². The number of hydrogen-bond donors (Lipinski definition) is 1. The molecule has 0 saturated heterocycles. The highest BCUT2D eigenvalue weighted by atomic mass is 16.3. The van der Waals surface area contributed by atoms with Gasteiger partial charge in [-0.3, -0.25) is 0 Å². The maximum Gasteiger partial charge on any atom is 0.115 e. The molecule has 0 aliphatic heterocycles. The summed E-state index contributed by atoms with van der Waals surface area (Å²) >= 11 is 0. The van der Waals surface area contributed by atoms with Crippen LogP contribution in [0, 0.1) is 6.92 Å². The zero-order chi connectivity index (χ0) is 13.3. The summed E-state index contributed by atoms with van der Waals surface area (Å²) in [6, 6.07) is 13.9. The lowest BCUT2D eigenvalue weighted by molar-refractivity contribution is 0.475. The molecular formula is C17H20O. The summed E-state index contributed by atoms with van der Waals surface area (Å²) in [4.78, 5) is 0. The molecule has 2 aromatic rings. The van der Waals surface area contributed by atoms with Crippen LogP contribution in [-0.2, 0) is 5.41 Å². The van der Waals surface area contributed by atoms with Crippen LogP contribution in [0.1, 0.15) is 31.9 Å². The maximum absolute atomic E-state index is 9.40. The van der Waals surface area contributed by atoms with Crippen LogP contribution in [0.2, 0.25) is 0 Å². The van der Waals surface area contributed by atoms with Crippen molar-refractivity contribution in [1.82, 2.24) is 0 Å². The average molecular weight is 240 g/mol. The molecule has 1 heteroatoms. The highest BCUT2D eigenvalue weighted by molar-refractivity contribution is 5.72. The summed E-state index contributed by atoms with van der Waals surface area (Å²) in [6.45, 7) is 8.82. The Kier molecular flexibility index (Phi) is 3.16. The number of phenols is 1. The fourth-order valence-electron chi connectivity index (χ4n) is 2.30. The van der Waals surface area contributed by atoms with Crippen LogP contribution in [-0.4, -0.2) is 5.11 Å². The van der Waals surface area contributed by atoms with Crippen molar-refractivity contribution in [3.63, 3.8) is 0 Å². The van der Waals surface area contributed by atoms with Gasteiger partial charge in [-0.2, -0.15) is 0 Å². The van der Waals surface area contributed by atoms with Crippen molar-refractivity contribution >= 4 is 0 Å². The number of rotatable bonds is 1. The smallest absolute Gasteiger partial charge is 0.115 e. The lowest BCUT2D eigenvalue weighted by atomic mass is 9.80. The van der Waals surface area contributed by atoms with Gasteiger partial charge >= 0.3 is 0 Å². The van der Waals surface area contributed by atoms with E-state index in [4.69, 9.17) is 0 Å². The molecule has 1 N–H and O–H groups in total. The monoisotopic (exact) mass is 240 g/mol. The van der Waals surface area contributed by atoms with Crippen LogP contribution in [0.15, 0.2) is 42.5 Å². The van der Waals surface area contributed by atoms with Crippen molar-refractivity contribution in [3.8, 4) is 16.9 Å². The molecule has 0 aliphatic rings. The van der Waals surface area contributed by atoms with Crippen LogP contribution in [0.25, 0.3) is 11.1 Å². The lowest BCUT2D eigenvalue weighted by Gasteiger charge is -2.24. The van der Waals surface area contributed by atoms with Crippen molar-refractivity contribution < 1.29 is 5.11 Å². The molecule has 0 atom stereocenters. The summed E-state index contributed by atoms with van der Waals surface area (Å²) in [6.07, 6.45) is 0. The van der Waals surface area contributed by atoms with Gasteiger partial charge in [-0.1, -0.05) is 51.1 Å². The van der Waals surface area contributed by atoms with E-state index >= 15 is 0 Å². The first kappa shape index (κ1) is 12.7. The predicted octanol–water partition coefficient (Wildman–Crippen LogP) is 4.67. The molecular weight excluding hydrogens is 220 g/mol. The standard InChI is InChI=1S/C17H20O/c1-12-6-5-7-15(17(2,3)4)16(12)13-8-10-14(18)11-9-13/h5-11,18H,1-4H3. The second-order valence-corrected chi connectivity index (χ2v) is 5.79. The van der Waals surface area contributed by atoms with E-state index in [1.54, 1.807) is 12.1 Å². The van der Waals surface area contributed by atoms with Crippen LogP contribution < -0.4 is 0 Å². The number of aromatic hydroxyl groups is 1. The van der Waals surface area contributed by atoms with Gasteiger partial charge in [0.05, 0.1) is 0 Å². The van der Waals surface area contributed by atoms with E-state index in [0.717, 1.165) is 5.56 Å². The van der Waals surface area contributed by atoms with Crippen molar-refractivity contribution in [2.24, 2.45) is 0 Å². The molecule has 0 saturated carbocycles. The molecule has 0 amide bonds. The Balaban J connectivity index is 2.66. The fourth-order valence-corrected chi connectivity index (χ4v) is 2.30. The molecule has 1 nitrogen and oxygen atoms in total. The van der Waals surface area contributed by atoms with E-state index in [9.17, 15) is 5.11 Å². The Morgan fingerprint density at radius 3 is 2.06 bits per heavy atom. The first-order chi connectivity index (χ1) is 8.39. The van der Waals surface area contributed by atoms with Gasteiger partial charge in [-0.05, 0) is 46.7 Å². The first-order valence-corrected chi connectivity index (χ1v) is 6.29. The Morgan fingerprint density at radius 2 is 1.50 bits per heavy atom. The molecule has 0 unspecified atom stereocenters. The van der Waals surface area contributed by atoms with Gasteiger partial charge < -0.3 is 5.11 Å². The first-order valence-electron chi connectivity index (χ1n) is 6.29. The van der Waals surface area contributed by atoms with Crippen LogP contribution >= 0.6 is 0 Å². The molecule has 0 bridgehead atoms. The van der Waals surface area contributed by atoms with Gasteiger partial charge in [0.15, 0.2) is 0 Å². The second kappa shape index (κ2) is 4.49. The zero-order valence-electron chi connectivity index (χ0n) is 11.5. The van der Waals surface area contributed by atoms with E-state index in [1.165, 1.54) is 16.7 Å². The largest absolute Gasteiger partial charge is 0.508 e. The fraction of sp³-hybridized carbons (Fsp3) is 0.294. The summed E-state index contributed by atoms with van der Waals surface area (Å²) in [5.41, 5.74) is 5.17. The van der Waals surface area contributed by atoms with E-state index in [-0.39, 0.29) is 5.41 Å². The SMILES string of the molecule is Cc1cccc(C(C)(C)C)c1-c1ccc(O)cc1. The van der Waals surface area contributed by atoms with Gasteiger partial charge in [0.25, 0.3) is 0 Å². The van der Waals surface area contributed by atoms with E-state index in [2.05, 4.69) is 45.9 Å². The van der Waals surface area contributed by atoms with Crippen LogP contribution in [0.4, 0.5) is 0 Å². The van der Waals surface area contributed by atoms with E-state index < -0.39 is 0 Å². The van der Waals surface area contributed by atoms with Crippen molar-refractivity contribution in [1.29, 1.82) is 0 Å².